The maximum Gasteiger partial charge on any atom is 0.158 e. The van der Waals surface area contributed by atoms with E-state index in [0.29, 0.717) is 30.6 Å². The molecule has 21 heavy (non-hydrogen) atoms. The molecule has 0 amide bonds. The van der Waals surface area contributed by atoms with Crippen molar-refractivity contribution in [3.05, 3.63) is 28.8 Å². The lowest BCUT2D eigenvalue weighted by atomic mass is 10.2. The molecule has 0 aliphatic carbocycles. The van der Waals surface area contributed by atoms with Gasteiger partial charge in [0, 0.05) is 38.0 Å². The van der Waals surface area contributed by atoms with Gasteiger partial charge in [0.1, 0.15) is 18.2 Å². The number of hydrazine groups is 1. The van der Waals surface area contributed by atoms with E-state index in [-0.39, 0.29) is 0 Å². The van der Waals surface area contributed by atoms with E-state index < -0.39 is 0 Å². The van der Waals surface area contributed by atoms with Crippen LogP contribution in [0.5, 0.6) is 0 Å². The van der Waals surface area contributed by atoms with Crippen LogP contribution in [0, 0.1) is 13.8 Å². The van der Waals surface area contributed by atoms with Gasteiger partial charge in [-0.05, 0) is 13.8 Å². The van der Waals surface area contributed by atoms with Crippen molar-refractivity contribution in [3.63, 3.8) is 0 Å². The molecule has 2 aromatic rings. The Labute approximate surface area is 123 Å². The number of aromatic nitrogens is 4. The third-order valence-corrected chi connectivity index (χ3v) is 3.30. The number of methoxy groups -OCH3 is 1. The maximum atomic E-state index is 5.42. The molecular formula is C13H21N7O. The second kappa shape index (κ2) is 6.51. The fourth-order valence-corrected chi connectivity index (χ4v) is 2.11. The van der Waals surface area contributed by atoms with Crippen LogP contribution in [0.4, 0.5) is 11.6 Å². The quantitative estimate of drug-likeness (QED) is 0.536. The Morgan fingerprint density at radius 1 is 1.29 bits per heavy atom. The van der Waals surface area contributed by atoms with E-state index in [1.165, 1.54) is 0 Å². The number of hydrogen-bond donors (Lipinski definition) is 3. The maximum absolute atomic E-state index is 5.42. The monoisotopic (exact) mass is 291 g/mol. The summed E-state index contributed by atoms with van der Waals surface area (Å²) in [5, 5.41) is 7.67. The number of nitrogens with one attached hydrogen (secondary N) is 2. The van der Waals surface area contributed by atoms with Crippen molar-refractivity contribution in [2.75, 3.05) is 17.9 Å². The van der Waals surface area contributed by atoms with Gasteiger partial charge >= 0.3 is 0 Å². The second-order valence-corrected chi connectivity index (χ2v) is 4.76. The molecule has 0 unspecified atom stereocenters. The fourth-order valence-electron chi connectivity index (χ4n) is 2.11. The topological polar surface area (TPSA) is 103 Å². The Morgan fingerprint density at radius 2 is 2.00 bits per heavy atom. The molecule has 0 radical (unpaired) electrons. The molecule has 0 atom stereocenters. The molecule has 4 N–H and O–H groups in total. The van der Waals surface area contributed by atoms with E-state index in [1.807, 2.05) is 25.6 Å². The predicted octanol–water partition coefficient (Wildman–Crippen LogP) is 0.871. The summed E-state index contributed by atoms with van der Waals surface area (Å²) in [5.74, 6) is 7.21. The van der Waals surface area contributed by atoms with Crippen LogP contribution < -0.4 is 16.6 Å². The standard InChI is InChI=1S/C13H21N7O/c1-8-10(9(2)20(3)19-8)6-15-11-5-12(18-14)17-13(16-11)7-21-4/h5H,6-7,14H2,1-4H3,(H2,15,16,17,18). The highest BCUT2D eigenvalue weighted by Crippen LogP contribution is 2.16. The summed E-state index contributed by atoms with van der Waals surface area (Å²) in [7, 11) is 3.53. The smallest absolute Gasteiger partial charge is 0.158 e. The third kappa shape index (κ3) is 3.47. The van der Waals surface area contributed by atoms with Crippen LogP contribution in [0.25, 0.3) is 0 Å². The summed E-state index contributed by atoms with van der Waals surface area (Å²) in [6.45, 7) is 5.00. The molecule has 2 aromatic heterocycles. The molecule has 0 fully saturated rings. The van der Waals surface area contributed by atoms with Crippen molar-refractivity contribution >= 4 is 11.6 Å². The zero-order valence-electron chi connectivity index (χ0n) is 12.8. The van der Waals surface area contributed by atoms with E-state index in [4.69, 9.17) is 10.6 Å². The highest BCUT2D eigenvalue weighted by molar-refractivity contribution is 5.47. The van der Waals surface area contributed by atoms with Crippen LogP contribution in [0.3, 0.4) is 0 Å². The Balaban J connectivity index is 2.17. The van der Waals surface area contributed by atoms with E-state index >= 15 is 0 Å². The van der Waals surface area contributed by atoms with Gasteiger partial charge in [-0.25, -0.2) is 15.8 Å². The fraction of sp³-hybridized carbons (Fsp3) is 0.462. The summed E-state index contributed by atoms with van der Waals surface area (Å²) in [6, 6.07) is 1.75. The van der Waals surface area contributed by atoms with Gasteiger partial charge in [0.25, 0.3) is 0 Å². The van der Waals surface area contributed by atoms with Crippen molar-refractivity contribution in [3.8, 4) is 0 Å². The Kier molecular flexibility index (Phi) is 4.71. The summed E-state index contributed by atoms with van der Waals surface area (Å²) >= 11 is 0. The van der Waals surface area contributed by atoms with Crippen LogP contribution >= 0.6 is 0 Å². The third-order valence-electron chi connectivity index (χ3n) is 3.30. The largest absolute Gasteiger partial charge is 0.377 e. The van der Waals surface area contributed by atoms with Crippen molar-refractivity contribution in [2.45, 2.75) is 27.0 Å². The first-order chi connectivity index (χ1) is 10.0. The minimum absolute atomic E-state index is 0.329. The molecule has 0 aromatic carbocycles. The molecule has 0 bridgehead atoms. The molecule has 0 aliphatic rings. The molecular weight excluding hydrogens is 270 g/mol. The molecule has 8 nitrogen and oxygen atoms in total. The van der Waals surface area contributed by atoms with Crippen LogP contribution in [0.15, 0.2) is 6.07 Å². The number of ether oxygens (including phenoxy) is 1. The van der Waals surface area contributed by atoms with Crippen molar-refractivity contribution in [1.29, 1.82) is 0 Å². The average molecular weight is 291 g/mol. The normalized spacial score (nSPS) is 10.7. The van der Waals surface area contributed by atoms with Gasteiger partial charge in [0.2, 0.25) is 0 Å². The van der Waals surface area contributed by atoms with Crippen molar-refractivity contribution in [1.82, 2.24) is 19.7 Å². The van der Waals surface area contributed by atoms with Gasteiger partial charge in [-0.1, -0.05) is 0 Å². The number of hydrogen-bond acceptors (Lipinski definition) is 7. The second-order valence-electron chi connectivity index (χ2n) is 4.76. The number of rotatable bonds is 6. The number of nitrogens with two attached hydrogens (primary N) is 1. The SMILES string of the molecule is COCc1nc(NN)cc(NCc2c(C)nn(C)c2C)n1. The van der Waals surface area contributed by atoms with Gasteiger partial charge < -0.3 is 15.5 Å². The Bertz CT molecular complexity index is 623. The minimum atomic E-state index is 0.329. The van der Waals surface area contributed by atoms with Crippen LogP contribution in [-0.4, -0.2) is 26.9 Å². The number of anilines is 2. The lowest BCUT2D eigenvalue weighted by molar-refractivity contribution is 0.178. The van der Waals surface area contributed by atoms with Gasteiger partial charge in [-0.15, -0.1) is 0 Å². The number of nitrogens with zero attached hydrogens (tertiary/aromatic N) is 4. The number of aryl methyl sites for hydroxylation is 2. The summed E-state index contributed by atoms with van der Waals surface area (Å²) < 4.78 is 6.92. The zero-order chi connectivity index (χ0) is 15.4. The van der Waals surface area contributed by atoms with Gasteiger partial charge in [0.05, 0.1) is 5.69 Å². The van der Waals surface area contributed by atoms with Gasteiger partial charge in [0.15, 0.2) is 5.82 Å². The summed E-state index contributed by atoms with van der Waals surface area (Å²) in [5.41, 5.74) is 5.82. The zero-order valence-corrected chi connectivity index (χ0v) is 12.8. The highest BCUT2D eigenvalue weighted by Gasteiger charge is 2.10. The van der Waals surface area contributed by atoms with Crippen LogP contribution in [-0.2, 0) is 24.9 Å². The van der Waals surface area contributed by atoms with Crippen molar-refractivity contribution in [2.24, 2.45) is 12.9 Å². The molecule has 8 heteroatoms. The molecule has 0 spiro atoms. The molecule has 0 aliphatic heterocycles. The molecule has 114 valence electrons. The molecule has 2 heterocycles. The van der Waals surface area contributed by atoms with Crippen molar-refractivity contribution < 1.29 is 4.74 Å². The lowest BCUT2D eigenvalue weighted by Crippen LogP contribution is -2.13. The summed E-state index contributed by atoms with van der Waals surface area (Å²) in [4.78, 5) is 8.59. The highest BCUT2D eigenvalue weighted by atomic mass is 16.5. The van der Waals surface area contributed by atoms with E-state index in [0.717, 1.165) is 17.0 Å². The predicted molar refractivity (Wildman–Crippen MR) is 80.6 cm³/mol. The molecule has 0 saturated heterocycles. The van der Waals surface area contributed by atoms with Gasteiger partial charge in [-0.2, -0.15) is 5.10 Å². The van der Waals surface area contributed by atoms with Gasteiger partial charge in [-0.3, -0.25) is 4.68 Å². The first-order valence-corrected chi connectivity index (χ1v) is 6.61. The summed E-state index contributed by atoms with van der Waals surface area (Å²) in [6.07, 6.45) is 0. The molecule has 0 saturated carbocycles. The minimum Gasteiger partial charge on any atom is -0.377 e. The number of nitrogen functional groups attached to an aromatic ring is 1. The van der Waals surface area contributed by atoms with E-state index in [2.05, 4.69) is 25.8 Å². The van der Waals surface area contributed by atoms with Crippen LogP contribution in [0.2, 0.25) is 0 Å². The average Bonchev–Trinajstić information content (AvgIpc) is 2.70. The van der Waals surface area contributed by atoms with E-state index in [1.54, 1.807) is 13.2 Å². The van der Waals surface area contributed by atoms with Crippen LogP contribution in [0.1, 0.15) is 22.8 Å². The van der Waals surface area contributed by atoms with E-state index in [9.17, 15) is 0 Å². The Hall–Kier alpha value is -2.19. The molecule has 2 rings (SSSR count). The Morgan fingerprint density at radius 3 is 2.57 bits per heavy atom. The first-order valence-electron chi connectivity index (χ1n) is 6.61. The first kappa shape index (κ1) is 15.2. The lowest BCUT2D eigenvalue weighted by Gasteiger charge is -2.10.